The maximum Gasteiger partial charge on any atom is 0.235 e. The third-order valence-corrected chi connectivity index (χ3v) is 9.74. The van der Waals surface area contributed by atoms with E-state index in [0.29, 0.717) is 10.9 Å². The van der Waals surface area contributed by atoms with Crippen LogP contribution in [0.3, 0.4) is 0 Å². The van der Waals surface area contributed by atoms with Gasteiger partial charge in [-0.3, -0.25) is 4.57 Å². The number of rotatable bonds is 2. The van der Waals surface area contributed by atoms with Crippen molar-refractivity contribution < 1.29 is 25.5 Å². The van der Waals surface area contributed by atoms with Crippen LogP contribution in [0.25, 0.3) is 80.9 Å². The Kier molecular flexibility index (Phi) is 5.08. The summed E-state index contributed by atoms with van der Waals surface area (Å²) in [7, 11) is 0. The molecule has 0 bridgehead atoms. The van der Waals surface area contributed by atoms with Crippen molar-refractivity contribution in [1.82, 2.24) is 14.5 Å². The molecule has 0 aliphatic heterocycles. The Balaban J connectivity index is 1.51. The Hall–Kier alpha value is -6.06. The lowest BCUT2D eigenvalue weighted by Crippen LogP contribution is -2.04. The molecule has 0 saturated heterocycles. The molecule has 9 rings (SSSR count). The number of benzene rings is 6. The van der Waals surface area contributed by atoms with Crippen LogP contribution < -0.4 is 0 Å². The number of fused-ring (bicyclic) bond motifs is 11. The first kappa shape index (κ1) is 25.4. The molecule has 3 aromatic heterocycles. The molecule has 0 aliphatic carbocycles. The van der Waals surface area contributed by atoms with E-state index in [1.807, 2.05) is 41.0 Å². The summed E-state index contributed by atoms with van der Waals surface area (Å²) >= 11 is 1.74. The van der Waals surface area contributed by atoms with Gasteiger partial charge in [0.25, 0.3) is 0 Å². The Morgan fingerprint density at radius 3 is 1.84 bits per heavy atom. The van der Waals surface area contributed by atoms with E-state index >= 15 is 0 Å². The first-order valence-electron chi connectivity index (χ1n) is 14.2. The number of phenols is 5. The van der Waals surface area contributed by atoms with Gasteiger partial charge in [-0.15, -0.1) is 11.3 Å². The van der Waals surface area contributed by atoms with Crippen molar-refractivity contribution in [3.8, 4) is 46.0 Å². The number of aromatic hydroxyl groups is 5. The van der Waals surface area contributed by atoms with Crippen molar-refractivity contribution in [2.24, 2.45) is 0 Å². The van der Waals surface area contributed by atoms with E-state index in [1.54, 1.807) is 29.5 Å². The van der Waals surface area contributed by atoms with Gasteiger partial charge in [0, 0.05) is 41.7 Å². The van der Waals surface area contributed by atoms with Gasteiger partial charge in [-0.05, 0) is 23.6 Å². The maximum absolute atomic E-state index is 10.9. The lowest BCUT2D eigenvalue weighted by molar-refractivity contribution is 0.330. The van der Waals surface area contributed by atoms with Gasteiger partial charge in [-0.25, -0.2) is 9.97 Å². The van der Waals surface area contributed by atoms with Gasteiger partial charge in [-0.2, -0.15) is 0 Å². The van der Waals surface area contributed by atoms with Crippen LogP contribution in [0.5, 0.6) is 28.7 Å². The predicted molar refractivity (Wildman–Crippen MR) is 178 cm³/mol. The number of phenolic OH excluding ortho intramolecular Hbond substituents is 5. The van der Waals surface area contributed by atoms with E-state index in [1.165, 1.54) is 15.5 Å². The van der Waals surface area contributed by atoms with Gasteiger partial charge >= 0.3 is 0 Å². The molecule has 0 saturated carbocycles. The molecule has 0 fully saturated rings. The van der Waals surface area contributed by atoms with Gasteiger partial charge in [0.1, 0.15) is 0 Å². The highest BCUT2D eigenvalue weighted by atomic mass is 32.1. The number of thiophene rings is 1. The van der Waals surface area contributed by atoms with Crippen molar-refractivity contribution >= 4 is 75.0 Å². The minimum absolute atomic E-state index is 0.0642. The fourth-order valence-corrected chi connectivity index (χ4v) is 7.87. The Labute approximate surface area is 257 Å². The summed E-state index contributed by atoms with van der Waals surface area (Å²) in [5, 5.41) is 59.8. The number of nitrogens with zero attached hydrogens (tertiary/aromatic N) is 3. The second-order valence-electron chi connectivity index (χ2n) is 10.9. The van der Waals surface area contributed by atoms with Gasteiger partial charge in [0.2, 0.25) is 23.2 Å². The van der Waals surface area contributed by atoms with Gasteiger partial charge in [0.15, 0.2) is 11.5 Å². The SMILES string of the molecule is Oc1c(O)c(O)c(-c2nc(-n3c4ccccc4c4c5sc6ccccc6c5c5ccccc5c43)nc3ccccc23)c(O)c1O. The smallest absolute Gasteiger partial charge is 0.235 e. The monoisotopic (exact) mass is 607 g/mol. The van der Waals surface area contributed by atoms with E-state index in [4.69, 9.17) is 9.97 Å². The Bertz CT molecular complexity index is 2700. The number of para-hydroxylation sites is 2. The van der Waals surface area contributed by atoms with Crippen LogP contribution in [0.2, 0.25) is 0 Å². The van der Waals surface area contributed by atoms with Crippen LogP contribution in [-0.4, -0.2) is 40.1 Å². The lowest BCUT2D eigenvalue weighted by Gasteiger charge is -2.16. The summed E-state index contributed by atoms with van der Waals surface area (Å²) in [5.41, 5.74) is 1.99. The molecule has 8 nitrogen and oxygen atoms in total. The molecule has 9 heteroatoms. The summed E-state index contributed by atoms with van der Waals surface area (Å²) in [6, 6.07) is 31.8. The van der Waals surface area contributed by atoms with Crippen LogP contribution >= 0.6 is 11.3 Å². The van der Waals surface area contributed by atoms with Crippen molar-refractivity contribution in [2.45, 2.75) is 0 Å². The average Bonchev–Trinajstić information content (AvgIpc) is 3.63. The molecular formula is C36H21N3O5S. The zero-order chi connectivity index (χ0) is 30.6. The van der Waals surface area contributed by atoms with E-state index in [9.17, 15) is 25.5 Å². The normalized spacial score (nSPS) is 12.0. The van der Waals surface area contributed by atoms with Gasteiger partial charge < -0.3 is 25.5 Å². The summed E-state index contributed by atoms with van der Waals surface area (Å²) < 4.78 is 4.31. The zero-order valence-electron chi connectivity index (χ0n) is 23.2. The fraction of sp³-hybridized carbons (Fsp3) is 0. The summed E-state index contributed by atoms with van der Waals surface area (Å²) in [5.74, 6) is -4.37. The zero-order valence-corrected chi connectivity index (χ0v) is 24.0. The molecular weight excluding hydrogens is 586 g/mol. The first-order valence-corrected chi connectivity index (χ1v) is 15.0. The number of hydrogen-bond donors (Lipinski definition) is 5. The molecule has 5 N–H and O–H groups in total. The fourth-order valence-electron chi connectivity index (χ4n) is 6.59. The molecule has 0 spiro atoms. The minimum atomic E-state index is -1.03. The summed E-state index contributed by atoms with van der Waals surface area (Å²) in [6.07, 6.45) is 0. The quantitative estimate of drug-likeness (QED) is 0.0984. The Morgan fingerprint density at radius 1 is 0.511 bits per heavy atom. The van der Waals surface area contributed by atoms with Gasteiger partial charge in [-0.1, -0.05) is 78.9 Å². The lowest BCUT2D eigenvalue weighted by atomic mass is 10.00. The molecule has 0 aliphatic rings. The first-order chi connectivity index (χ1) is 21.9. The van der Waals surface area contributed by atoms with Crippen LogP contribution in [0.15, 0.2) is 97.1 Å². The van der Waals surface area contributed by atoms with Crippen molar-refractivity contribution in [3.05, 3.63) is 97.1 Å². The highest BCUT2D eigenvalue weighted by molar-refractivity contribution is 7.27. The highest BCUT2D eigenvalue weighted by Crippen LogP contribution is 2.55. The predicted octanol–water partition coefficient (Wildman–Crippen LogP) is 8.44. The number of hydrogen-bond acceptors (Lipinski definition) is 8. The van der Waals surface area contributed by atoms with Crippen molar-refractivity contribution in [3.63, 3.8) is 0 Å². The van der Waals surface area contributed by atoms with E-state index in [2.05, 4.69) is 42.5 Å². The second-order valence-corrected chi connectivity index (χ2v) is 12.0. The van der Waals surface area contributed by atoms with E-state index in [-0.39, 0.29) is 17.2 Å². The van der Waals surface area contributed by atoms with Crippen LogP contribution in [0, 0.1) is 0 Å². The molecule has 3 heterocycles. The molecule has 6 aromatic carbocycles. The van der Waals surface area contributed by atoms with Crippen LogP contribution in [0.1, 0.15) is 0 Å². The minimum Gasteiger partial charge on any atom is -0.504 e. The third-order valence-electron chi connectivity index (χ3n) is 8.55. The highest BCUT2D eigenvalue weighted by Gasteiger charge is 2.28. The molecule has 9 aromatic rings. The number of aromatic nitrogens is 3. The van der Waals surface area contributed by atoms with E-state index in [0.717, 1.165) is 37.3 Å². The maximum atomic E-state index is 10.9. The molecule has 0 radical (unpaired) electrons. The largest absolute Gasteiger partial charge is 0.504 e. The van der Waals surface area contributed by atoms with Crippen LogP contribution in [0.4, 0.5) is 0 Å². The molecule has 0 amide bonds. The average molecular weight is 608 g/mol. The van der Waals surface area contributed by atoms with Crippen LogP contribution in [-0.2, 0) is 0 Å². The Morgan fingerprint density at radius 2 is 1.09 bits per heavy atom. The molecule has 0 atom stereocenters. The van der Waals surface area contributed by atoms with Gasteiger partial charge in [0.05, 0.1) is 27.8 Å². The second kappa shape index (κ2) is 8.98. The standard InChI is InChI=1S/C36H21N3O5S/c40-30-27(31(41)33(43)34(44)32(30)42)28-19-11-3-6-14-22(19)37-36(38-28)39-23-15-7-4-12-20(23)26-29(39)18-10-2-1-9-17(18)25-21-13-5-8-16-24(21)45-35(25)26/h1-16,40-44H. The molecule has 45 heavy (non-hydrogen) atoms. The summed E-state index contributed by atoms with van der Waals surface area (Å²) in [4.78, 5) is 9.88. The van der Waals surface area contributed by atoms with E-state index < -0.39 is 28.7 Å². The topological polar surface area (TPSA) is 132 Å². The summed E-state index contributed by atoms with van der Waals surface area (Å²) in [6.45, 7) is 0. The molecule has 0 unspecified atom stereocenters. The van der Waals surface area contributed by atoms with Crippen molar-refractivity contribution in [2.75, 3.05) is 0 Å². The third kappa shape index (κ3) is 3.30. The molecule has 216 valence electrons. The van der Waals surface area contributed by atoms with Crippen molar-refractivity contribution in [1.29, 1.82) is 0 Å².